The van der Waals surface area contributed by atoms with Crippen LogP contribution in [0.25, 0.3) is 0 Å². The summed E-state index contributed by atoms with van der Waals surface area (Å²) in [5, 5.41) is 0. The van der Waals surface area contributed by atoms with Crippen molar-refractivity contribution in [3.05, 3.63) is 0 Å². The standard InChI is InChI=1S/C20H36O5/c1-5-24-19(23)16-17(21)14-12-10-8-6-7-9-11-13-15-18(22)25-20(2,3)4/h5-16H2,1-4H3. The second kappa shape index (κ2) is 13.9. The van der Waals surface area contributed by atoms with Crippen LogP contribution in [0.2, 0.25) is 0 Å². The zero-order valence-corrected chi connectivity index (χ0v) is 16.5. The Morgan fingerprint density at radius 2 is 1.20 bits per heavy atom. The second-order valence-corrected chi connectivity index (χ2v) is 7.44. The van der Waals surface area contributed by atoms with Gasteiger partial charge in [-0.05, 0) is 40.5 Å². The highest BCUT2D eigenvalue weighted by Gasteiger charge is 2.15. The smallest absolute Gasteiger partial charge is 0.313 e. The molecule has 0 heterocycles. The minimum absolute atomic E-state index is 0.0272. The average molecular weight is 357 g/mol. The molecule has 0 atom stereocenters. The summed E-state index contributed by atoms with van der Waals surface area (Å²) in [5.41, 5.74) is -0.394. The Hall–Kier alpha value is -1.39. The zero-order valence-electron chi connectivity index (χ0n) is 16.5. The van der Waals surface area contributed by atoms with E-state index in [1.807, 2.05) is 20.8 Å². The van der Waals surface area contributed by atoms with Crippen molar-refractivity contribution in [2.45, 2.75) is 104 Å². The summed E-state index contributed by atoms with van der Waals surface area (Å²) >= 11 is 0. The van der Waals surface area contributed by atoms with Crippen LogP contribution in [0, 0.1) is 0 Å². The highest BCUT2D eigenvalue weighted by Crippen LogP contribution is 2.13. The van der Waals surface area contributed by atoms with Crippen molar-refractivity contribution >= 4 is 17.7 Å². The molecule has 0 aliphatic heterocycles. The number of ketones is 1. The third-order valence-corrected chi connectivity index (χ3v) is 3.65. The number of esters is 2. The quantitative estimate of drug-likeness (QED) is 0.255. The molecule has 0 saturated carbocycles. The minimum atomic E-state index is -0.418. The van der Waals surface area contributed by atoms with Crippen LogP contribution in [0.15, 0.2) is 0 Å². The molecule has 0 spiro atoms. The fourth-order valence-electron chi connectivity index (χ4n) is 2.51. The molecule has 0 fully saturated rings. The SMILES string of the molecule is CCOC(=O)CC(=O)CCCCCCCCCCC(=O)OC(C)(C)C. The van der Waals surface area contributed by atoms with E-state index in [-0.39, 0.29) is 18.2 Å². The van der Waals surface area contributed by atoms with E-state index >= 15 is 0 Å². The van der Waals surface area contributed by atoms with E-state index in [9.17, 15) is 14.4 Å². The highest BCUT2D eigenvalue weighted by atomic mass is 16.6. The van der Waals surface area contributed by atoms with Crippen molar-refractivity contribution in [1.29, 1.82) is 0 Å². The molecule has 5 heteroatoms. The molecule has 0 aromatic carbocycles. The van der Waals surface area contributed by atoms with Gasteiger partial charge in [0.25, 0.3) is 0 Å². The Morgan fingerprint density at radius 1 is 0.720 bits per heavy atom. The molecule has 0 aromatic heterocycles. The molecule has 0 N–H and O–H groups in total. The van der Waals surface area contributed by atoms with Crippen LogP contribution < -0.4 is 0 Å². The van der Waals surface area contributed by atoms with E-state index in [4.69, 9.17) is 9.47 Å². The summed E-state index contributed by atoms with van der Waals surface area (Å²) in [7, 11) is 0. The average Bonchev–Trinajstić information content (AvgIpc) is 2.47. The lowest BCUT2D eigenvalue weighted by Crippen LogP contribution is -2.23. The molecule has 25 heavy (non-hydrogen) atoms. The molecule has 0 unspecified atom stereocenters. The molecular formula is C20H36O5. The summed E-state index contributed by atoms with van der Waals surface area (Å²) in [5.74, 6) is -0.556. The molecule has 0 rings (SSSR count). The molecule has 0 aromatic rings. The van der Waals surface area contributed by atoms with Crippen LogP contribution in [0.3, 0.4) is 0 Å². The number of Topliss-reactive ketones (excluding diaryl/α,β-unsaturated/α-hetero) is 1. The summed E-state index contributed by atoms with van der Waals surface area (Å²) in [6.07, 6.45) is 9.23. The molecule has 0 amide bonds. The van der Waals surface area contributed by atoms with Crippen LogP contribution in [-0.2, 0) is 23.9 Å². The van der Waals surface area contributed by atoms with E-state index < -0.39 is 11.6 Å². The summed E-state index contributed by atoms with van der Waals surface area (Å²) in [6.45, 7) is 7.71. The first-order valence-corrected chi connectivity index (χ1v) is 9.63. The number of carbonyl (C=O) groups is 3. The third-order valence-electron chi connectivity index (χ3n) is 3.65. The van der Waals surface area contributed by atoms with Gasteiger partial charge in [0.05, 0.1) is 6.61 Å². The van der Waals surface area contributed by atoms with Crippen LogP contribution in [0.5, 0.6) is 0 Å². The summed E-state index contributed by atoms with van der Waals surface area (Å²) in [6, 6.07) is 0. The van der Waals surface area contributed by atoms with Gasteiger partial charge in [0.15, 0.2) is 0 Å². The van der Waals surface area contributed by atoms with Gasteiger partial charge in [-0.2, -0.15) is 0 Å². The monoisotopic (exact) mass is 356 g/mol. The summed E-state index contributed by atoms with van der Waals surface area (Å²) < 4.78 is 10.0. The number of hydrogen-bond acceptors (Lipinski definition) is 5. The lowest BCUT2D eigenvalue weighted by Gasteiger charge is -2.19. The molecule has 0 aliphatic carbocycles. The van der Waals surface area contributed by atoms with Gasteiger partial charge in [-0.15, -0.1) is 0 Å². The molecule has 0 aliphatic rings. The van der Waals surface area contributed by atoms with Crippen LogP contribution in [0.1, 0.15) is 98.3 Å². The molecule has 146 valence electrons. The fraction of sp³-hybridized carbons (Fsp3) is 0.850. The molecule has 0 saturated heterocycles. The van der Waals surface area contributed by atoms with E-state index in [1.165, 1.54) is 0 Å². The van der Waals surface area contributed by atoms with E-state index in [0.717, 1.165) is 51.4 Å². The van der Waals surface area contributed by atoms with Gasteiger partial charge in [-0.3, -0.25) is 14.4 Å². The second-order valence-electron chi connectivity index (χ2n) is 7.44. The van der Waals surface area contributed by atoms with E-state index in [1.54, 1.807) is 6.92 Å². The number of carbonyl (C=O) groups excluding carboxylic acids is 3. The third kappa shape index (κ3) is 17.2. The van der Waals surface area contributed by atoms with Gasteiger partial charge in [0.2, 0.25) is 0 Å². The Kier molecular flexibility index (Phi) is 13.1. The molecular weight excluding hydrogens is 320 g/mol. The lowest BCUT2D eigenvalue weighted by molar-refractivity contribution is -0.155. The topological polar surface area (TPSA) is 69.7 Å². The molecule has 0 bridgehead atoms. The normalized spacial score (nSPS) is 11.2. The van der Waals surface area contributed by atoms with Crippen molar-refractivity contribution in [2.75, 3.05) is 6.61 Å². The van der Waals surface area contributed by atoms with Crippen molar-refractivity contribution in [3.63, 3.8) is 0 Å². The lowest BCUT2D eigenvalue weighted by atomic mass is 10.0. The number of unbranched alkanes of at least 4 members (excludes halogenated alkanes) is 7. The Bertz CT molecular complexity index is 395. The summed E-state index contributed by atoms with van der Waals surface area (Å²) in [4.78, 5) is 34.2. The molecule has 0 radical (unpaired) electrons. The van der Waals surface area contributed by atoms with Crippen molar-refractivity contribution in [3.8, 4) is 0 Å². The minimum Gasteiger partial charge on any atom is -0.466 e. The Labute approximate surface area is 152 Å². The largest absolute Gasteiger partial charge is 0.466 e. The van der Waals surface area contributed by atoms with Gasteiger partial charge in [0.1, 0.15) is 17.8 Å². The van der Waals surface area contributed by atoms with Crippen LogP contribution in [-0.4, -0.2) is 29.9 Å². The van der Waals surface area contributed by atoms with Crippen molar-refractivity contribution in [1.82, 2.24) is 0 Å². The predicted molar refractivity (Wildman–Crippen MR) is 98.3 cm³/mol. The van der Waals surface area contributed by atoms with E-state index in [2.05, 4.69) is 0 Å². The van der Waals surface area contributed by atoms with Gasteiger partial charge in [-0.1, -0.05) is 38.5 Å². The molecule has 5 nitrogen and oxygen atoms in total. The first-order chi connectivity index (χ1) is 11.7. The van der Waals surface area contributed by atoms with Gasteiger partial charge < -0.3 is 9.47 Å². The zero-order chi connectivity index (χ0) is 19.1. The van der Waals surface area contributed by atoms with Gasteiger partial charge in [0, 0.05) is 12.8 Å². The highest BCUT2D eigenvalue weighted by molar-refractivity contribution is 5.95. The van der Waals surface area contributed by atoms with Crippen molar-refractivity contribution < 1.29 is 23.9 Å². The number of rotatable bonds is 14. The maximum atomic E-state index is 11.5. The van der Waals surface area contributed by atoms with Crippen LogP contribution in [0.4, 0.5) is 0 Å². The maximum absolute atomic E-state index is 11.5. The fourth-order valence-corrected chi connectivity index (χ4v) is 2.51. The Morgan fingerprint density at radius 3 is 1.68 bits per heavy atom. The Balaban J connectivity index is 3.38. The van der Waals surface area contributed by atoms with Gasteiger partial charge >= 0.3 is 11.9 Å². The van der Waals surface area contributed by atoms with Crippen molar-refractivity contribution in [2.24, 2.45) is 0 Å². The predicted octanol–water partition coefficient (Wildman–Crippen LogP) is 4.75. The van der Waals surface area contributed by atoms with Crippen LogP contribution >= 0.6 is 0 Å². The maximum Gasteiger partial charge on any atom is 0.313 e. The first kappa shape index (κ1) is 23.6. The van der Waals surface area contributed by atoms with Gasteiger partial charge in [-0.25, -0.2) is 0 Å². The number of ether oxygens (including phenoxy) is 2. The first-order valence-electron chi connectivity index (χ1n) is 9.63. The number of hydrogen-bond donors (Lipinski definition) is 0. The van der Waals surface area contributed by atoms with E-state index in [0.29, 0.717) is 19.4 Å².